The second-order valence-electron chi connectivity index (χ2n) is 6.43. The normalized spacial score (nSPS) is 10.6. The number of carbonyl (C=O) groups is 1. The number of hydrogen-bond donors (Lipinski definition) is 2. The summed E-state index contributed by atoms with van der Waals surface area (Å²) < 4.78 is 5.13. The number of nitrogens with one attached hydrogen (secondary N) is 2. The highest BCUT2D eigenvalue weighted by molar-refractivity contribution is 6.32. The largest absolute Gasteiger partial charge is 0.495 e. The smallest absolute Gasteiger partial charge is 0.274 e. The second kappa shape index (κ2) is 8.71. The lowest BCUT2D eigenvalue weighted by molar-refractivity contribution is 0.102. The van der Waals surface area contributed by atoms with Crippen LogP contribution in [-0.4, -0.2) is 29.0 Å². The molecule has 0 unspecified atom stereocenters. The lowest BCUT2D eigenvalue weighted by atomic mass is 10.2. The summed E-state index contributed by atoms with van der Waals surface area (Å²) in [5.74, 6) is 1.25. The summed E-state index contributed by atoms with van der Waals surface area (Å²) in [6.45, 7) is 4.01. The highest BCUT2D eigenvalue weighted by Crippen LogP contribution is 2.27. The molecule has 0 fully saturated rings. The van der Waals surface area contributed by atoms with Gasteiger partial charge in [0.2, 0.25) is 0 Å². The molecule has 1 heterocycles. The van der Waals surface area contributed by atoms with E-state index >= 15 is 0 Å². The van der Waals surface area contributed by atoms with Crippen molar-refractivity contribution in [2.75, 3.05) is 17.7 Å². The summed E-state index contributed by atoms with van der Waals surface area (Å²) in [5.41, 5.74) is 1.63. The monoisotopic (exact) mass is 396 g/mol. The van der Waals surface area contributed by atoms with E-state index in [9.17, 15) is 4.79 Å². The number of rotatable bonds is 6. The zero-order chi connectivity index (χ0) is 20.1. The number of aromatic nitrogens is 2. The van der Waals surface area contributed by atoms with Crippen molar-refractivity contribution in [2.24, 2.45) is 0 Å². The number of benzene rings is 2. The molecule has 0 saturated carbocycles. The van der Waals surface area contributed by atoms with Crippen LogP contribution in [0.2, 0.25) is 5.02 Å². The molecule has 0 saturated heterocycles. The van der Waals surface area contributed by atoms with Gasteiger partial charge in [-0.2, -0.15) is 0 Å². The maximum atomic E-state index is 12.8. The van der Waals surface area contributed by atoms with Gasteiger partial charge >= 0.3 is 0 Å². The molecule has 144 valence electrons. The van der Waals surface area contributed by atoms with Crippen molar-refractivity contribution < 1.29 is 9.53 Å². The van der Waals surface area contributed by atoms with E-state index < -0.39 is 0 Å². The molecule has 7 heteroatoms. The quantitative estimate of drug-likeness (QED) is 0.621. The third-order valence-electron chi connectivity index (χ3n) is 3.84. The Bertz CT molecular complexity index is 977. The first-order chi connectivity index (χ1) is 13.5. The van der Waals surface area contributed by atoms with Crippen LogP contribution >= 0.6 is 11.6 Å². The lowest BCUT2D eigenvalue weighted by Gasteiger charge is -2.13. The van der Waals surface area contributed by atoms with E-state index in [1.807, 2.05) is 44.2 Å². The van der Waals surface area contributed by atoms with Gasteiger partial charge in [-0.25, -0.2) is 9.97 Å². The number of amides is 1. The maximum Gasteiger partial charge on any atom is 0.274 e. The Morgan fingerprint density at radius 3 is 2.46 bits per heavy atom. The summed E-state index contributed by atoms with van der Waals surface area (Å²) in [4.78, 5) is 21.8. The summed E-state index contributed by atoms with van der Waals surface area (Å²) in [7, 11) is 1.54. The first-order valence-corrected chi connectivity index (χ1v) is 9.20. The summed E-state index contributed by atoms with van der Waals surface area (Å²) in [6.07, 6.45) is 0. The van der Waals surface area contributed by atoms with Gasteiger partial charge in [0, 0.05) is 23.4 Å². The van der Waals surface area contributed by atoms with Crippen molar-refractivity contribution in [3.05, 3.63) is 65.3 Å². The number of carbonyl (C=O) groups excluding carboxylic acids is 1. The fourth-order valence-electron chi connectivity index (χ4n) is 2.59. The second-order valence-corrected chi connectivity index (χ2v) is 6.84. The zero-order valence-electron chi connectivity index (χ0n) is 15.9. The van der Waals surface area contributed by atoms with Crippen LogP contribution in [-0.2, 0) is 0 Å². The Morgan fingerprint density at radius 1 is 1.07 bits per heavy atom. The molecule has 0 spiro atoms. The average molecular weight is 397 g/mol. The number of halogens is 1. The molecule has 2 N–H and O–H groups in total. The van der Waals surface area contributed by atoms with Gasteiger partial charge in [-0.1, -0.05) is 41.9 Å². The molecular formula is C21H21ClN4O2. The molecule has 0 aliphatic heterocycles. The van der Waals surface area contributed by atoms with E-state index in [2.05, 4.69) is 20.6 Å². The minimum absolute atomic E-state index is 0.162. The molecule has 0 bridgehead atoms. The van der Waals surface area contributed by atoms with Crippen LogP contribution in [0.25, 0.3) is 11.4 Å². The predicted octanol–water partition coefficient (Wildman–Crippen LogP) is 4.88. The van der Waals surface area contributed by atoms with E-state index in [0.717, 1.165) is 5.56 Å². The van der Waals surface area contributed by atoms with E-state index in [1.165, 1.54) is 7.11 Å². The third-order valence-corrected chi connectivity index (χ3v) is 4.13. The predicted molar refractivity (Wildman–Crippen MR) is 112 cm³/mol. The van der Waals surface area contributed by atoms with Crippen LogP contribution in [0.15, 0.2) is 54.6 Å². The molecule has 3 aromatic rings. The van der Waals surface area contributed by atoms with Crippen LogP contribution in [0.5, 0.6) is 5.75 Å². The van der Waals surface area contributed by atoms with Gasteiger partial charge in [0.1, 0.15) is 17.3 Å². The van der Waals surface area contributed by atoms with E-state index in [1.54, 1.807) is 24.3 Å². The van der Waals surface area contributed by atoms with Crippen LogP contribution in [0.3, 0.4) is 0 Å². The lowest BCUT2D eigenvalue weighted by Crippen LogP contribution is -2.17. The van der Waals surface area contributed by atoms with Gasteiger partial charge in [0.25, 0.3) is 5.91 Å². The zero-order valence-corrected chi connectivity index (χ0v) is 16.6. The van der Waals surface area contributed by atoms with Gasteiger partial charge in [0.05, 0.1) is 12.1 Å². The van der Waals surface area contributed by atoms with Crippen LogP contribution in [0, 0.1) is 0 Å². The highest BCUT2D eigenvalue weighted by atomic mass is 35.5. The number of nitrogens with zero attached hydrogens (tertiary/aromatic N) is 2. The molecule has 0 radical (unpaired) electrons. The van der Waals surface area contributed by atoms with E-state index in [-0.39, 0.29) is 17.6 Å². The minimum atomic E-state index is -0.354. The van der Waals surface area contributed by atoms with Gasteiger partial charge in [0.15, 0.2) is 5.82 Å². The number of anilines is 2. The standard InChI is InChI=1S/C21H21ClN4O2/c1-13(2)23-19-12-17(25-20(26-19)14-7-5-4-6-8-14)21(27)24-15-9-10-18(28-3)16(22)11-15/h4-13H,1-3H3,(H,24,27)(H,23,25,26). The summed E-state index contributed by atoms with van der Waals surface area (Å²) >= 11 is 6.13. The van der Waals surface area contributed by atoms with Crippen molar-refractivity contribution >= 4 is 29.0 Å². The van der Waals surface area contributed by atoms with Gasteiger partial charge in [-0.15, -0.1) is 0 Å². The third kappa shape index (κ3) is 4.78. The SMILES string of the molecule is COc1ccc(NC(=O)c2cc(NC(C)C)nc(-c3ccccc3)n2)cc1Cl. The molecule has 2 aromatic carbocycles. The maximum absolute atomic E-state index is 12.8. The van der Waals surface area contributed by atoms with Gasteiger partial charge < -0.3 is 15.4 Å². The Kier molecular flexibility index (Phi) is 6.11. The summed E-state index contributed by atoms with van der Waals surface area (Å²) in [5, 5.41) is 6.45. The average Bonchev–Trinajstić information content (AvgIpc) is 2.68. The van der Waals surface area contributed by atoms with E-state index in [0.29, 0.717) is 28.1 Å². The number of ether oxygens (including phenoxy) is 1. The minimum Gasteiger partial charge on any atom is -0.495 e. The van der Waals surface area contributed by atoms with Crippen molar-refractivity contribution in [2.45, 2.75) is 19.9 Å². The van der Waals surface area contributed by atoms with Gasteiger partial charge in [-0.05, 0) is 32.0 Å². The van der Waals surface area contributed by atoms with Gasteiger partial charge in [-0.3, -0.25) is 4.79 Å². The molecule has 0 aliphatic carbocycles. The van der Waals surface area contributed by atoms with Crippen LogP contribution in [0.4, 0.5) is 11.5 Å². The topological polar surface area (TPSA) is 76.1 Å². The molecule has 0 atom stereocenters. The Morgan fingerprint density at radius 2 is 1.82 bits per heavy atom. The number of hydrogen-bond acceptors (Lipinski definition) is 5. The molecule has 1 amide bonds. The Labute approximate surface area is 168 Å². The van der Waals surface area contributed by atoms with Crippen LogP contribution < -0.4 is 15.4 Å². The van der Waals surface area contributed by atoms with E-state index in [4.69, 9.17) is 16.3 Å². The molecule has 3 rings (SSSR count). The van der Waals surface area contributed by atoms with Crippen molar-refractivity contribution in [1.29, 1.82) is 0 Å². The molecule has 28 heavy (non-hydrogen) atoms. The van der Waals surface area contributed by atoms with Crippen LogP contribution in [0.1, 0.15) is 24.3 Å². The molecular weight excluding hydrogens is 376 g/mol. The molecule has 6 nitrogen and oxygen atoms in total. The molecule has 1 aromatic heterocycles. The first-order valence-electron chi connectivity index (χ1n) is 8.82. The summed E-state index contributed by atoms with van der Waals surface area (Å²) in [6, 6.07) is 16.4. The van der Waals surface area contributed by atoms with Crippen molar-refractivity contribution in [1.82, 2.24) is 9.97 Å². The first kappa shape index (κ1) is 19.6. The molecule has 0 aliphatic rings. The fourth-order valence-corrected chi connectivity index (χ4v) is 2.85. The van der Waals surface area contributed by atoms with Crippen molar-refractivity contribution in [3.63, 3.8) is 0 Å². The Balaban J connectivity index is 1.93. The Hall–Kier alpha value is -3.12. The fraction of sp³-hybridized carbons (Fsp3) is 0.190. The highest BCUT2D eigenvalue weighted by Gasteiger charge is 2.14. The van der Waals surface area contributed by atoms with Crippen molar-refractivity contribution in [3.8, 4) is 17.1 Å². The number of methoxy groups -OCH3 is 1.